The van der Waals surface area contributed by atoms with Crippen LogP contribution in [0, 0.1) is 6.92 Å². The number of hydrogen-bond acceptors (Lipinski definition) is 3. The van der Waals surface area contributed by atoms with Gasteiger partial charge < -0.3 is 15.7 Å². The van der Waals surface area contributed by atoms with E-state index in [2.05, 4.69) is 10.6 Å². The van der Waals surface area contributed by atoms with Crippen LogP contribution in [0.2, 0.25) is 0 Å². The Labute approximate surface area is 113 Å². The van der Waals surface area contributed by atoms with E-state index in [1.54, 1.807) is 25.1 Å². The van der Waals surface area contributed by atoms with Crippen molar-refractivity contribution in [2.24, 2.45) is 0 Å². The van der Waals surface area contributed by atoms with Gasteiger partial charge in [0.25, 0.3) is 5.91 Å². The lowest BCUT2D eigenvalue weighted by atomic mass is 9.99. The number of carbonyl (C=O) groups excluding carboxylic acids is 1. The number of carbonyl (C=O) groups is 1. The summed E-state index contributed by atoms with van der Waals surface area (Å²) in [7, 11) is 0. The van der Waals surface area contributed by atoms with Crippen LogP contribution in [-0.4, -0.2) is 29.1 Å². The van der Waals surface area contributed by atoms with Crippen LogP contribution in [0.1, 0.15) is 41.6 Å². The normalized spacial score (nSPS) is 29.2. The summed E-state index contributed by atoms with van der Waals surface area (Å²) in [5.74, 6) is 0.200. The number of aromatic hydroxyl groups is 1. The monoisotopic (exact) mass is 260 g/mol. The first-order valence-electron chi connectivity index (χ1n) is 6.98. The molecule has 2 bridgehead atoms. The number of hydrogen-bond donors (Lipinski definition) is 3. The van der Waals surface area contributed by atoms with Crippen LogP contribution in [0.15, 0.2) is 18.2 Å². The number of phenols is 1. The summed E-state index contributed by atoms with van der Waals surface area (Å²) in [5.41, 5.74) is 1.36. The maximum Gasteiger partial charge on any atom is 0.251 e. The first kappa shape index (κ1) is 12.5. The van der Waals surface area contributed by atoms with E-state index >= 15 is 0 Å². The molecule has 0 saturated carbocycles. The molecule has 1 aromatic rings. The summed E-state index contributed by atoms with van der Waals surface area (Å²) in [6.07, 6.45) is 4.52. The lowest BCUT2D eigenvalue weighted by molar-refractivity contribution is 0.0924. The van der Waals surface area contributed by atoms with E-state index in [1.807, 2.05) is 0 Å². The number of phenolic OH excluding ortho intramolecular Hbond substituents is 1. The molecule has 2 heterocycles. The van der Waals surface area contributed by atoms with E-state index in [0.717, 1.165) is 18.4 Å². The maximum atomic E-state index is 12.2. The van der Waals surface area contributed by atoms with Gasteiger partial charge in [0.2, 0.25) is 0 Å². The van der Waals surface area contributed by atoms with Crippen LogP contribution in [0.25, 0.3) is 0 Å². The molecule has 2 aliphatic heterocycles. The Balaban J connectivity index is 1.66. The predicted octanol–water partition coefficient (Wildman–Crippen LogP) is 1.71. The first-order chi connectivity index (χ1) is 9.11. The van der Waals surface area contributed by atoms with Crippen LogP contribution in [-0.2, 0) is 0 Å². The van der Waals surface area contributed by atoms with Gasteiger partial charge in [0, 0.05) is 23.7 Å². The third-order valence-electron chi connectivity index (χ3n) is 4.27. The molecule has 0 spiro atoms. The number of aryl methyl sites for hydroxylation is 1. The van der Waals surface area contributed by atoms with Gasteiger partial charge in [-0.2, -0.15) is 0 Å². The van der Waals surface area contributed by atoms with E-state index in [0.29, 0.717) is 17.6 Å². The van der Waals surface area contributed by atoms with Crippen molar-refractivity contribution < 1.29 is 9.90 Å². The second-order valence-electron chi connectivity index (χ2n) is 5.78. The lowest BCUT2D eigenvalue weighted by Crippen LogP contribution is -2.48. The Morgan fingerprint density at radius 2 is 2.00 bits per heavy atom. The summed E-state index contributed by atoms with van der Waals surface area (Å²) >= 11 is 0. The van der Waals surface area contributed by atoms with Crippen LogP contribution < -0.4 is 10.6 Å². The third kappa shape index (κ3) is 2.59. The van der Waals surface area contributed by atoms with Gasteiger partial charge in [-0.1, -0.05) is 0 Å². The van der Waals surface area contributed by atoms with E-state index in [4.69, 9.17) is 0 Å². The van der Waals surface area contributed by atoms with Crippen LogP contribution in [0.5, 0.6) is 5.75 Å². The van der Waals surface area contributed by atoms with Crippen molar-refractivity contribution in [3.8, 4) is 5.75 Å². The van der Waals surface area contributed by atoms with Gasteiger partial charge in [0.1, 0.15) is 5.75 Å². The summed E-state index contributed by atoms with van der Waals surface area (Å²) in [6, 6.07) is 6.42. The molecule has 2 aliphatic rings. The van der Waals surface area contributed by atoms with Gasteiger partial charge in [-0.25, -0.2) is 0 Å². The number of fused-ring (bicyclic) bond motifs is 2. The molecule has 4 nitrogen and oxygen atoms in total. The maximum absolute atomic E-state index is 12.2. The SMILES string of the molecule is Cc1cc(C(=O)NC2CC3CCC(C2)N3)ccc1O. The van der Waals surface area contributed by atoms with Gasteiger partial charge in [0.15, 0.2) is 0 Å². The summed E-state index contributed by atoms with van der Waals surface area (Å²) in [5, 5.41) is 16.2. The molecule has 102 valence electrons. The Kier molecular flexibility index (Phi) is 3.19. The van der Waals surface area contributed by atoms with Crippen molar-refractivity contribution >= 4 is 5.91 Å². The van der Waals surface area contributed by atoms with Crippen molar-refractivity contribution in [2.75, 3.05) is 0 Å². The van der Waals surface area contributed by atoms with E-state index in [1.165, 1.54) is 12.8 Å². The lowest BCUT2D eigenvalue weighted by Gasteiger charge is -2.29. The molecule has 4 heteroatoms. The molecule has 1 amide bonds. The molecular weight excluding hydrogens is 240 g/mol. The van der Waals surface area contributed by atoms with Crippen LogP contribution in [0.3, 0.4) is 0 Å². The standard InChI is InChI=1S/C15H20N2O2/c1-9-6-10(2-5-14(9)18)15(19)17-13-7-11-3-4-12(8-13)16-11/h2,5-6,11-13,16,18H,3-4,7-8H2,1H3,(H,17,19). The number of piperidine rings is 1. The number of nitrogens with one attached hydrogen (secondary N) is 2. The fraction of sp³-hybridized carbons (Fsp3) is 0.533. The molecule has 2 atom stereocenters. The molecule has 3 N–H and O–H groups in total. The fourth-order valence-corrected chi connectivity index (χ4v) is 3.24. The van der Waals surface area contributed by atoms with E-state index < -0.39 is 0 Å². The molecule has 0 aliphatic carbocycles. The quantitative estimate of drug-likeness (QED) is 0.758. The van der Waals surface area contributed by atoms with Crippen molar-refractivity contribution in [2.45, 2.75) is 50.7 Å². The molecule has 0 radical (unpaired) electrons. The topological polar surface area (TPSA) is 61.4 Å². The highest BCUT2D eigenvalue weighted by molar-refractivity contribution is 5.94. The Bertz CT molecular complexity index is 489. The Morgan fingerprint density at radius 1 is 1.32 bits per heavy atom. The zero-order valence-electron chi connectivity index (χ0n) is 11.1. The molecule has 2 fully saturated rings. The van der Waals surface area contributed by atoms with Gasteiger partial charge in [-0.3, -0.25) is 4.79 Å². The molecule has 19 heavy (non-hydrogen) atoms. The zero-order chi connectivity index (χ0) is 13.4. The number of benzene rings is 1. The molecule has 2 saturated heterocycles. The minimum atomic E-state index is -0.0330. The smallest absolute Gasteiger partial charge is 0.251 e. The van der Waals surface area contributed by atoms with Crippen molar-refractivity contribution in [1.82, 2.24) is 10.6 Å². The highest BCUT2D eigenvalue weighted by Gasteiger charge is 2.34. The predicted molar refractivity (Wildman–Crippen MR) is 73.3 cm³/mol. The molecule has 1 aromatic carbocycles. The highest BCUT2D eigenvalue weighted by atomic mass is 16.3. The second kappa shape index (κ2) is 4.85. The van der Waals surface area contributed by atoms with E-state index in [-0.39, 0.29) is 17.7 Å². The summed E-state index contributed by atoms with van der Waals surface area (Å²) in [6.45, 7) is 1.80. The molecule has 3 rings (SSSR count). The summed E-state index contributed by atoms with van der Waals surface area (Å²) in [4.78, 5) is 12.2. The zero-order valence-corrected chi connectivity index (χ0v) is 11.1. The van der Waals surface area contributed by atoms with Crippen molar-refractivity contribution in [3.63, 3.8) is 0 Å². The van der Waals surface area contributed by atoms with Gasteiger partial charge in [-0.05, 0) is 56.4 Å². The minimum Gasteiger partial charge on any atom is -0.508 e. The highest BCUT2D eigenvalue weighted by Crippen LogP contribution is 2.27. The second-order valence-corrected chi connectivity index (χ2v) is 5.78. The third-order valence-corrected chi connectivity index (χ3v) is 4.27. The van der Waals surface area contributed by atoms with Gasteiger partial charge in [0.05, 0.1) is 0 Å². The largest absolute Gasteiger partial charge is 0.508 e. The fourth-order valence-electron chi connectivity index (χ4n) is 3.24. The van der Waals surface area contributed by atoms with Gasteiger partial charge in [-0.15, -0.1) is 0 Å². The number of rotatable bonds is 2. The van der Waals surface area contributed by atoms with Crippen LogP contribution in [0.4, 0.5) is 0 Å². The molecule has 2 unspecified atom stereocenters. The average molecular weight is 260 g/mol. The van der Waals surface area contributed by atoms with Crippen molar-refractivity contribution in [3.05, 3.63) is 29.3 Å². The Hall–Kier alpha value is -1.55. The Morgan fingerprint density at radius 3 is 2.63 bits per heavy atom. The number of amides is 1. The van der Waals surface area contributed by atoms with Crippen molar-refractivity contribution in [1.29, 1.82) is 0 Å². The van der Waals surface area contributed by atoms with Gasteiger partial charge >= 0.3 is 0 Å². The average Bonchev–Trinajstić information content (AvgIpc) is 2.72. The van der Waals surface area contributed by atoms with Crippen LogP contribution >= 0.6 is 0 Å². The molecule has 0 aromatic heterocycles. The first-order valence-corrected chi connectivity index (χ1v) is 6.98. The van der Waals surface area contributed by atoms with E-state index in [9.17, 15) is 9.90 Å². The molecular formula is C15H20N2O2. The summed E-state index contributed by atoms with van der Waals surface area (Å²) < 4.78 is 0. The minimum absolute atomic E-state index is 0.0330.